The number of rotatable bonds is 4. The van der Waals surface area contributed by atoms with Crippen molar-refractivity contribution < 1.29 is 9.53 Å². The summed E-state index contributed by atoms with van der Waals surface area (Å²) in [7, 11) is 2.04. The number of amidine groups is 1. The van der Waals surface area contributed by atoms with Gasteiger partial charge in [0.2, 0.25) is 0 Å². The Morgan fingerprint density at radius 1 is 1.25 bits per heavy atom. The predicted octanol–water partition coefficient (Wildman–Crippen LogP) is 3.95. The zero-order valence-electron chi connectivity index (χ0n) is 17.5. The second-order valence-corrected chi connectivity index (χ2v) is 9.09. The lowest BCUT2D eigenvalue weighted by atomic mass is 10.2. The first-order valence-corrected chi connectivity index (χ1v) is 11.6. The fraction of sp³-hybridized carbons (Fsp3) is 0.261. The van der Waals surface area contributed by atoms with Crippen LogP contribution in [0.25, 0.3) is 17.1 Å². The fourth-order valence-electron chi connectivity index (χ4n) is 3.73. The van der Waals surface area contributed by atoms with Gasteiger partial charge in [-0.15, -0.1) is 0 Å². The Bertz CT molecular complexity index is 1250. The number of aliphatic imine (C=N–C) groups is 1. The van der Waals surface area contributed by atoms with Crippen LogP contribution in [0.2, 0.25) is 5.02 Å². The minimum Gasteiger partial charge on any atom is -0.379 e. The number of carbonyl (C=O) groups excluding carboxylic acids is 1. The highest BCUT2D eigenvalue weighted by molar-refractivity contribution is 8.18. The van der Waals surface area contributed by atoms with E-state index in [9.17, 15) is 4.79 Å². The number of imidazole rings is 1. The van der Waals surface area contributed by atoms with Gasteiger partial charge in [0, 0.05) is 20.1 Å². The molecule has 5 rings (SSSR count). The fourth-order valence-corrected chi connectivity index (χ4v) is 4.74. The summed E-state index contributed by atoms with van der Waals surface area (Å²) in [6.07, 6.45) is 1.88. The molecule has 3 heterocycles. The van der Waals surface area contributed by atoms with E-state index in [-0.39, 0.29) is 5.91 Å². The molecular formula is C23H22ClN5O2S. The molecule has 164 valence electrons. The molecule has 2 aliphatic heterocycles. The number of hydrogen-bond acceptors (Lipinski definition) is 6. The van der Waals surface area contributed by atoms with Crippen LogP contribution in [-0.4, -0.2) is 51.8 Å². The molecule has 1 amide bonds. The molecule has 3 aromatic rings. The van der Waals surface area contributed by atoms with Gasteiger partial charge >= 0.3 is 0 Å². The summed E-state index contributed by atoms with van der Waals surface area (Å²) in [4.78, 5) is 24.7. The van der Waals surface area contributed by atoms with Gasteiger partial charge in [-0.2, -0.15) is 0 Å². The average molecular weight is 468 g/mol. The maximum Gasteiger partial charge on any atom is 0.264 e. The van der Waals surface area contributed by atoms with Gasteiger partial charge in [-0.3, -0.25) is 9.69 Å². The molecule has 2 aliphatic rings. The summed E-state index contributed by atoms with van der Waals surface area (Å²) in [6.45, 7) is 4.17. The molecule has 2 fully saturated rings. The Balaban J connectivity index is 1.38. The number of aryl methyl sites for hydroxylation is 1. The van der Waals surface area contributed by atoms with E-state index in [1.165, 1.54) is 11.8 Å². The number of nitrogens with zero attached hydrogens (tertiary/aromatic N) is 4. The van der Waals surface area contributed by atoms with Gasteiger partial charge in [-0.1, -0.05) is 29.8 Å². The van der Waals surface area contributed by atoms with E-state index in [1.54, 1.807) is 6.07 Å². The van der Waals surface area contributed by atoms with Crippen molar-refractivity contribution in [1.82, 2.24) is 19.8 Å². The monoisotopic (exact) mass is 467 g/mol. The van der Waals surface area contributed by atoms with E-state index in [2.05, 4.69) is 25.8 Å². The van der Waals surface area contributed by atoms with Crippen LogP contribution >= 0.6 is 23.4 Å². The summed E-state index contributed by atoms with van der Waals surface area (Å²) < 4.78 is 7.56. The van der Waals surface area contributed by atoms with Gasteiger partial charge in [0.1, 0.15) is 5.82 Å². The summed E-state index contributed by atoms with van der Waals surface area (Å²) in [5, 5.41) is 3.87. The number of morpholine rings is 1. The number of aromatic nitrogens is 2. The van der Waals surface area contributed by atoms with Crippen LogP contribution in [0.1, 0.15) is 11.4 Å². The van der Waals surface area contributed by atoms with Gasteiger partial charge in [-0.05, 0) is 47.7 Å². The minimum atomic E-state index is -0.168. The molecule has 0 radical (unpaired) electrons. The highest BCUT2D eigenvalue weighted by Crippen LogP contribution is 2.31. The van der Waals surface area contributed by atoms with Crippen LogP contribution < -0.4 is 5.32 Å². The maximum atomic E-state index is 12.5. The lowest BCUT2D eigenvalue weighted by molar-refractivity contribution is -0.115. The summed E-state index contributed by atoms with van der Waals surface area (Å²) in [6, 6.07) is 13.3. The largest absolute Gasteiger partial charge is 0.379 e. The van der Waals surface area contributed by atoms with E-state index in [1.807, 2.05) is 43.5 Å². The van der Waals surface area contributed by atoms with Crippen LogP contribution in [0, 0.1) is 0 Å². The predicted molar refractivity (Wildman–Crippen MR) is 129 cm³/mol. The molecule has 0 unspecified atom stereocenters. The highest BCUT2D eigenvalue weighted by atomic mass is 35.5. The van der Waals surface area contributed by atoms with Crippen molar-refractivity contribution in [3.8, 4) is 0 Å². The van der Waals surface area contributed by atoms with Gasteiger partial charge < -0.3 is 14.6 Å². The van der Waals surface area contributed by atoms with E-state index < -0.39 is 0 Å². The van der Waals surface area contributed by atoms with Crippen LogP contribution in [0.3, 0.4) is 0 Å². The average Bonchev–Trinajstić information content (AvgIpc) is 3.29. The van der Waals surface area contributed by atoms with Gasteiger partial charge in [0.15, 0.2) is 5.17 Å². The first-order valence-electron chi connectivity index (χ1n) is 10.4. The van der Waals surface area contributed by atoms with Crippen molar-refractivity contribution in [2.24, 2.45) is 12.0 Å². The summed E-state index contributed by atoms with van der Waals surface area (Å²) >= 11 is 7.48. The SMILES string of the molecule is Cn1c(CN2CCOCC2)nc2ccc(C=C3SC(=Nc4ccccc4Cl)NC3=O)cc21. The van der Waals surface area contributed by atoms with Crippen LogP contribution in [0.4, 0.5) is 5.69 Å². The topological polar surface area (TPSA) is 71.8 Å². The van der Waals surface area contributed by atoms with Crippen molar-refractivity contribution in [2.75, 3.05) is 26.3 Å². The third-order valence-corrected chi connectivity index (χ3v) is 6.72. The van der Waals surface area contributed by atoms with E-state index >= 15 is 0 Å². The smallest absolute Gasteiger partial charge is 0.264 e. The normalized spacial score (nSPS) is 19.9. The maximum absolute atomic E-state index is 12.5. The van der Waals surface area contributed by atoms with Gasteiger partial charge in [0.25, 0.3) is 5.91 Å². The third kappa shape index (κ3) is 4.45. The molecule has 2 aromatic carbocycles. The summed E-state index contributed by atoms with van der Waals surface area (Å²) in [5.41, 5.74) is 3.55. The molecule has 0 saturated carbocycles. The first-order chi connectivity index (χ1) is 15.6. The van der Waals surface area contributed by atoms with E-state index in [0.29, 0.717) is 20.8 Å². The lowest BCUT2D eigenvalue weighted by Gasteiger charge is -2.26. The number of amides is 1. The number of benzene rings is 2. The number of fused-ring (bicyclic) bond motifs is 1. The molecule has 1 N–H and O–H groups in total. The molecule has 2 saturated heterocycles. The lowest BCUT2D eigenvalue weighted by Crippen LogP contribution is -2.36. The number of para-hydroxylation sites is 1. The Hall–Kier alpha value is -2.65. The van der Waals surface area contributed by atoms with Crippen LogP contribution in [0.15, 0.2) is 52.4 Å². The molecular weight excluding hydrogens is 446 g/mol. The molecule has 32 heavy (non-hydrogen) atoms. The molecule has 0 atom stereocenters. The standard InChI is InChI=1S/C23H22ClN5O2S/c1-28-19-12-15(6-7-18(19)25-21(28)14-29-8-10-31-11-9-29)13-20-22(30)27-23(32-20)26-17-5-3-2-4-16(17)24/h2-7,12-13H,8-11,14H2,1H3,(H,26,27,30). The zero-order chi connectivity index (χ0) is 22.1. The molecule has 7 nitrogen and oxygen atoms in total. The Kier molecular flexibility index (Phi) is 6.01. The number of carbonyl (C=O) groups is 1. The number of thioether (sulfide) groups is 1. The second-order valence-electron chi connectivity index (χ2n) is 7.66. The van der Waals surface area contributed by atoms with Crippen molar-refractivity contribution in [2.45, 2.75) is 6.54 Å². The Morgan fingerprint density at radius 2 is 2.06 bits per heavy atom. The number of nitrogens with one attached hydrogen (secondary N) is 1. The van der Waals surface area contributed by atoms with E-state index in [0.717, 1.165) is 55.3 Å². The van der Waals surface area contributed by atoms with E-state index in [4.69, 9.17) is 21.3 Å². The zero-order valence-corrected chi connectivity index (χ0v) is 19.1. The molecule has 1 aromatic heterocycles. The van der Waals surface area contributed by atoms with Crippen molar-refractivity contribution in [3.05, 3.63) is 63.8 Å². The Labute approximate surface area is 195 Å². The number of ether oxygens (including phenoxy) is 1. The minimum absolute atomic E-state index is 0.168. The van der Waals surface area contributed by atoms with Gasteiger partial charge in [-0.25, -0.2) is 9.98 Å². The van der Waals surface area contributed by atoms with Crippen molar-refractivity contribution in [1.29, 1.82) is 0 Å². The van der Waals surface area contributed by atoms with Crippen LogP contribution in [0.5, 0.6) is 0 Å². The first kappa shape index (κ1) is 21.2. The van der Waals surface area contributed by atoms with Crippen LogP contribution in [-0.2, 0) is 23.1 Å². The molecule has 0 aliphatic carbocycles. The van der Waals surface area contributed by atoms with Crippen molar-refractivity contribution in [3.63, 3.8) is 0 Å². The second kappa shape index (κ2) is 9.07. The number of halogens is 1. The molecule has 0 spiro atoms. The van der Waals surface area contributed by atoms with Crippen molar-refractivity contribution >= 4 is 57.2 Å². The molecule has 9 heteroatoms. The number of hydrogen-bond donors (Lipinski definition) is 1. The molecule has 0 bridgehead atoms. The quantitative estimate of drug-likeness (QED) is 0.588. The van der Waals surface area contributed by atoms with Gasteiger partial charge in [0.05, 0.1) is 46.4 Å². The summed E-state index contributed by atoms with van der Waals surface area (Å²) in [5.74, 6) is 0.854. The Morgan fingerprint density at radius 3 is 2.88 bits per heavy atom. The third-order valence-electron chi connectivity index (χ3n) is 5.49. The highest BCUT2D eigenvalue weighted by Gasteiger charge is 2.24.